The lowest BCUT2D eigenvalue weighted by atomic mass is 9.75. The van der Waals surface area contributed by atoms with Gasteiger partial charge in [0.2, 0.25) is 0 Å². The van der Waals surface area contributed by atoms with Crippen molar-refractivity contribution in [3.63, 3.8) is 0 Å². The van der Waals surface area contributed by atoms with E-state index in [0.29, 0.717) is 0 Å². The van der Waals surface area contributed by atoms with Crippen LogP contribution in [0.5, 0.6) is 0 Å². The van der Waals surface area contributed by atoms with Crippen molar-refractivity contribution in [2.75, 3.05) is 39.4 Å². The summed E-state index contributed by atoms with van der Waals surface area (Å²) in [5.41, 5.74) is 7.04. The summed E-state index contributed by atoms with van der Waals surface area (Å²) in [6.45, 7) is 6.35. The lowest BCUT2D eigenvalue weighted by Crippen LogP contribution is -2.50. The Hall–Kier alpha value is -0.120. The molecule has 0 amide bonds. The Kier molecular flexibility index (Phi) is 4.16. The van der Waals surface area contributed by atoms with Crippen molar-refractivity contribution in [3.05, 3.63) is 0 Å². The smallest absolute Gasteiger partial charge is 0.0546 e. The van der Waals surface area contributed by atoms with Crippen LogP contribution in [0.25, 0.3) is 0 Å². The van der Waals surface area contributed by atoms with Gasteiger partial charge in [-0.25, -0.2) is 0 Å². The molecule has 2 heterocycles. The van der Waals surface area contributed by atoms with E-state index in [-0.39, 0.29) is 5.41 Å². The van der Waals surface area contributed by atoms with Crippen molar-refractivity contribution >= 4 is 0 Å². The summed E-state index contributed by atoms with van der Waals surface area (Å²) in [5, 5.41) is 0. The quantitative estimate of drug-likeness (QED) is 0.852. The van der Waals surface area contributed by atoms with Gasteiger partial charge in [-0.2, -0.15) is 0 Å². The SMILES string of the molecule is NCC1(CN2CCC3(CCCC3)CC2)CCCOC1. The maximum absolute atomic E-state index is 6.06. The van der Waals surface area contributed by atoms with Gasteiger partial charge in [0.05, 0.1) is 6.61 Å². The molecule has 0 aromatic rings. The Morgan fingerprint density at radius 3 is 2.26 bits per heavy atom. The van der Waals surface area contributed by atoms with Gasteiger partial charge in [-0.1, -0.05) is 12.8 Å². The molecule has 3 heteroatoms. The van der Waals surface area contributed by atoms with Crippen LogP contribution < -0.4 is 5.73 Å². The zero-order valence-corrected chi connectivity index (χ0v) is 12.3. The molecule has 2 aliphatic heterocycles. The van der Waals surface area contributed by atoms with E-state index in [1.54, 1.807) is 0 Å². The van der Waals surface area contributed by atoms with Crippen LogP contribution in [0, 0.1) is 10.8 Å². The van der Waals surface area contributed by atoms with Gasteiger partial charge in [0.15, 0.2) is 0 Å². The fourth-order valence-electron chi connectivity index (χ4n) is 4.55. The lowest BCUT2D eigenvalue weighted by Gasteiger charge is -2.45. The first-order chi connectivity index (χ1) is 9.26. The average Bonchev–Trinajstić information content (AvgIpc) is 2.91. The molecule has 110 valence electrons. The zero-order valence-electron chi connectivity index (χ0n) is 12.3. The van der Waals surface area contributed by atoms with Gasteiger partial charge >= 0.3 is 0 Å². The standard InChI is InChI=1S/C16H30N2O/c17-12-16(6-3-11-19-14-16)13-18-9-7-15(8-10-18)4-1-2-5-15/h1-14,17H2. The van der Waals surface area contributed by atoms with E-state index in [1.165, 1.54) is 71.0 Å². The minimum atomic E-state index is 0.248. The Bertz CT molecular complexity index is 283. The summed E-state index contributed by atoms with van der Waals surface area (Å²) in [4.78, 5) is 2.67. The molecule has 0 aromatic carbocycles. The van der Waals surface area contributed by atoms with Gasteiger partial charge in [0.25, 0.3) is 0 Å². The van der Waals surface area contributed by atoms with Crippen LogP contribution in [0.1, 0.15) is 51.4 Å². The van der Waals surface area contributed by atoms with Gasteiger partial charge in [-0.15, -0.1) is 0 Å². The van der Waals surface area contributed by atoms with Gasteiger partial charge in [-0.05, 0) is 57.0 Å². The van der Waals surface area contributed by atoms with Crippen LogP contribution >= 0.6 is 0 Å². The Labute approximate surface area is 117 Å². The molecular weight excluding hydrogens is 236 g/mol. The second kappa shape index (κ2) is 5.71. The summed E-state index contributed by atoms with van der Waals surface area (Å²) >= 11 is 0. The Morgan fingerprint density at radius 1 is 0.947 bits per heavy atom. The molecule has 19 heavy (non-hydrogen) atoms. The first-order valence-electron chi connectivity index (χ1n) is 8.26. The molecule has 0 bridgehead atoms. The van der Waals surface area contributed by atoms with E-state index < -0.39 is 0 Å². The van der Waals surface area contributed by atoms with Crippen molar-refractivity contribution in [3.8, 4) is 0 Å². The molecule has 3 fully saturated rings. The first kappa shape index (κ1) is 13.8. The molecular formula is C16H30N2O. The monoisotopic (exact) mass is 266 g/mol. The van der Waals surface area contributed by atoms with E-state index in [0.717, 1.165) is 25.2 Å². The maximum Gasteiger partial charge on any atom is 0.0546 e. The normalized spacial score (nSPS) is 35.8. The highest BCUT2D eigenvalue weighted by Gasteiger charge is 2.39. The van der Waals surface area contributed by atoms with Gasteiger partial charge < -0.3 is 15.4 Å². The van der Waals surface area contributed by atoms with Gasteiger partial charge in [-0.3, -0.25) is 0 Å². The zero-order chi connectivity index (χ0) is 13.2. The average molecular weight is 266 g/mol. The van der Waals surface area contributed by atoms with E-state index in [9.17, 15) is 0 Å². The predicted octanol–water partition coefficient (Wildman–Crippen LogP) is 2.40. The minimum Gasteiger partial charge on any atom is -0.381 e. The summed E-state index contributed by atoms with van der Waals surface area (Å²) in [6, 6.07) is 0. The van der Waals surface area contributed by atoms with Crippen molar-refractivity contribution in [1.82, 2.24) is 4.90 Å². The Morgan fingerprint density at radius 2 is 1.68 bits per heavy atom. The minimum absolute atomic E-state index is 0.248. The number of nitrogens with two attached hydrogens (primary N) is 1. The van der Waals surface area contributed by atoms with E-state index >= 15 is 0 Å². The highest BCUT2D eigenvalue weighted by molar-refractivity contribution is 4.92. The number of ether oxygens (including phenoxy) is 1. The number of hydrogen-bond acceptors (Lipinski definition) is 3. The largest absolute Gasteiger partial charge is 0.381 e. The number of piperidine rings is 1. The molecule has 1 aliphatic carbocycles. The van der Waals surface area contributed by atoms with Crippen molar-refractivity contribution < 1.29 is 4.74 Å². The van der Waals surface area contributed by atoms with Crippen molar-refractivity contribution in [1.29, 1.82) is 0 Å². The number of rotatable bonds is 3. The second-order valence-corrected chi connectivity index (χ2v) is 7.34. The maximum atomic E-state index is 6.06. The molecule has 0 radical (unpaired) electrons. The molecule has 1 atom stereocenters. The molecule has 2 saturated heterocycles. The third-order valence-corrected chi connectivity index (χ3v) is 5.98. The van der Waals surface area contributed by atoms with Crippen LogP contribution in [-0.2, 0) is 4.74 Å². The highest BCUT2D eigenvalue weighted by atomic mass is 16.5. The third-order valence-electron chi connectivity index (χ3n) is 5.98. The molecule has 3 aliphatic rings. The fourth-order valence-corrected chi connectivity index (χ4v) is 4.55. The van der Waals surface area contributed by atoms with E-state index in [1.807, 2.05) is 0 Å². The third kappa shape index (κ3) is 2.98. The highest BCUT2D eigenvalue weighted by Crippen LogP contribution is 2.46. The molecule has 3 rings (SSSR count). The van der Waals surface area contributed by atoms with Gasteiger partial charge in [0, 0.05) is 25.1 Å². The molecule has 1 saturated carbocycles. The first-order valence-corrected chi connectivity index (χ1v) is 8.26. The summed E-state index contributed by atoms with van der Waals surface area (Å²) < 4.78 is 5.70. The molecule has 2 N–H and O–H groups in total. The van der Waals surface area contributed by atoms with E-state index in [4.69, 9.17) is 10.5 Å². The van der Waals surface area contributed by atoms with Crippen LogP contribution in [0.4, 0.5) is 0 Å². The van der Waals surface area contributed by atoms with Crippen LogP contribution in [0.2, 0.25) is 0 Å². The molecule has 1 spiro atoms. The van der Waals surface area contributed by atoms with Crippen LogP contribution in [-0.4, -0.2) is 44.3 Å². The number of nitrogens with zero attached hydrogens (tertiary/aromatic N) is 1. The molecule has 1 unspecified atom stereocenters. The molecule has 0 aromatic heterocycles. The summed E-state index contributed by atoms with van der Waals surface area (Å²) in [6.07, 6.45) is 11.2. The topological polar surface area (TPSA) is 38.5 Å². The predicted molar refractivity (Wildman–Crippen MR) is 78.1 cm³/mol. The summed E-state index contributed by atoms with van der Waals surface area (Å²) in [5.74, 6) is 0. The van der Waals surface area contributed by atoms with Crippen molar-refractivity contribution in [2.24, 2.45) is 16.6 Å². The fraction of sp³-hybridized carbons (Fsp3) is 1.00. The Balaban J connectivity index is 1.53. The lowest BCUT2D eigenvalue weighted by molar-refractivity contribution is -0.0313. The summed E-state index contributed by atoms with van der Waals surface area (Å²) in [7, 11) is 0. The van der Waals surface area contributed by atoms with Gasteiger partial charge in [0.1, 0.15) is 0 Å². The van der Waals surface area contributed by atoms with Crippen LogP contribution in [0.15, 0.2) is 0 Å². The van der Waals surface area contributed by atoms with Crippen molar-refractivity contribution in [2.45, 2.75) is 51.4 Å². The molecule has 3 nitrogen and oxygen atoms in total. The second-order valence-electron chi connectivity index (χ2n) is 7.34. The van der Waals surface area contributed by atoms with Crippen LogP contribution in [0.3, 0.4) is 0 Å². The van der Waals surface area contributed by atoms with E-state index in [2.05, 4.69) is 4.90 Å². The number of hydrogen-bond donors (Lipinski definition) is 1. The number of likely N-dealkylation sites (tertiary alicyclic amines) is 1.